The number of hydrogen-bond donors (Lipinski definition) is 1. The fraction of sp³-hybridized carbons (Fsp3) is 0.280. The second-order valence-corrected chi connectivity index (χ2v) is 8.19. The van der Waals surface area contributed by atoms with Crippen LogP contribution in [0.3, 0.4) is 0 Å². The van der Waals surface area contributed by atoms with Gasteiger partial charge in [0.1, 0.15) is 5.82 Å². The molecule has 1 aromatic heterocycles. The normalized spacial score (nSPS) is 15.4. The van der Waals surface area contributed by atoms with Crippen molar-refractivity contribution in [2.45, 2.75) is 25.9 Å². The molecule has 166 valence electrons. The molecule has 1 saturated heterocycles. The van der Waals surface area contributed by atoms with Gasteiger partial charge in [0, 0.05) is 30.2 Å². The molecule has 7 heteroatoms. The molecule has 4 rings (SSSR count). The van der Waals surface area contributed by atoms with Gasteiger partial charge in [-0.15, -0.1) is 0 Å². The number of anilines is 2. The van der Waals surface area contributed by atoms with E-state index >= 15 is 0 Å². The molecule has 1 amide bonds. The van der Waals surface area contributed by atoms with Gasteiger partial charge in [-0.05, 0) is 72.9 Å². The Morgan fingerprint density at radius 3 is 2.47 bits per heavy atom. The maximum Gasteiger partial charge on any atom is 0.416 e. The summed E-state index contributed by atoms with van der Waals surface area (Å²) in [4.78, 5) is 19.3. The van der Waals surface area contributed by atoms with Crippen LogP contribution in [0, 0.1) is 5.92 Å². The molecular weight excluding hydrogens is 415 g/mol. The maximum atomic E-state index is 12.6. The second kappa shape index (κ2) is 9.02. The topological polar surface area (TPSA) is 45.2 Å². The number of aromatic nitrogens is 1. The molecule has 2 aromatic carbocycles. The summed E-state index contributed by atoms with van der Waals surface area (Å²) in [5, 5.41) is 3.70. The lowest BCUT2D eigenvalue weighted by atomic mass is 9.99. The van der Waals surface area contributed by atoms with Gasteiger partial charge >= 0.3 is 6.18 Å². The highest BCUT2D eigenvalue weighted by atomic mass is 19.4. The molecule has 4 nitrogen and oxygen atoms in total. The first-order valence-corrected chi connectivity index (χ1v) is 10.6. The predicted molar refractivity (Wildman–Crippen MR) is 121 cm³/mol. The molecular formula is C25H24F3N3O. The minimum absolute atomic E-state index is 0.365. The van der Waals surface area contributed by atoms with Crippen LogP contribution >= 0.6 is 0 Å². The summed E-state index contributed by atoms with van der Waals surface area (Å²) >= 11 is 0. The summed E-state index contributed by atoms with van der Waals surface area (Å²) < 4.78 is 37.9. The Bertz CT molecular complexity index is 1130. The van der Waals surface area contributed by atoms with E-state index in [0.717, 1.165) is 47.9 Å². The molecule has 1 aliphatic rings. The number of hydrogen-bond acceptors (Lipinski definition) is 3. The number of piperidine rings is 1. The van der Waals surface area contributed by atoms with Crippen molar-refractivity contribution >= 4 is 34.4 Å². The first kappa shape index (κ1) is 21.9. The molecule has 0 atom stereocenters. The number of nitrogens with one attached hydrogen (secondary N) is 1. The molecule has 0 bridgehead atoms. The van der Waals surface area contributed by atoms with Gasteiger partial charge in [0.25, 0.3) is 0 Å². The lowest BCUT2D eigenvalue weighted by Gasteiger charge is -2.31. The standard InChI is InChI=1S/C25H24F3N3O/c1-17-12-14-31(15-13-17)23-10-5-19-16-21(8-9-22(19)30-23)29-24(32)11-4-18-2-6-20(7-3-18)25(26,27)28/h2-11,16-17H,12-15H2,1H3,(H,29,32)/b11-4+. The molecule has 2 heterocycles. The van der Waals surface area contributed by atoms with E-state index in [1.807, 2.05) is 24.3 Å². The van der Waals surface area contributed by atoms with Crippen LogP contribution < -0.4 is 10.2 Å². The van der Waals surface area contributed by atoms with Crippen molar-refractivity contribution in [1.29, 1.82) is 0 Å². The Labute approximate surface area is 184 Å². The van der Waals surface area contributed by atoms with E-state index in [0.29, 0.717) is 11.3 Å². The zero-order valence-electron chi connectivity index (χ0n) is 17.7. The van der Waals surface area contributed by atoms with Crippen LogP contribution in [-0.2, 0) is 11.0 Å². The lowest BCUT2D eigenvalue weighted by Crippen LogP contribution is -2.33. The highest BCUT2D eigenvalue weighted by molar-refractivity contribution is 6.03. The van der Waals surface area contributed by atoms with Crippen LogP contribution in [0.5, 0.6) is 0 Å². The molecule has 0 aliphatic carbocycles. The van der Waals surface area contributed by atoms with Crippen molar-refractivity contribution in [3.8, 4) is 0 Å². The zero-order valence-corrected chi connectivity index (χ0v) is 17.7. The molecule has 0 spiro atoms. The lowest BCUT2D eigenvalue weighted by molar-refractivity contribution is -0.137. The van der Waals surface area contributed by atoms with Crippen molar-refractivity contribution < 1.29 is 18.0 Å². The fourth-order valence-corrected chi connectivity index (χ4v) is 3.75. The van der Waals surface area contributed by atoms with Crippen LogP contribution in [0.2, 0.25) is 0 Å². The number of amides is 1. The molecule has 1 aliphatic heterocycles. The van der Waals surface area contributed by atoms with E-state index < -0.39 is 11.7 Å². The van der Waals surface area contributed by atoms with E-state index in [2.05, 4.69) is 17.1 Å². The first-order chi connectivity index (χ1) is 15.3. The van der Waals surface area contributed by atoms with Crippen LogP contribution in [0.1, 0.15) is 30.9 Å². The number of rotatable bonds is 4. The number of nitrogens with zero attached hydrogens (tertiary/aromatic N) is 2. The van der Waals surface area contributed by atoms with E-state index in [-0.39, 0.29) is 5.91 Å². The average Bonchev–Trinajstić information content (AvgIpc) is 2.77. The maximum absolute atomic E-state index is 12.6. The van der Waals surface area contributed by atoms with E-state index in [9.17, 15) is 18.0 Å². The van der Waals surface area contributed by atoms with E-state index in [1.165, 1.54) is 37.1 Å². The van der Waals surface area contributed by atoms with Gasteiger partial charge in [-0.25, -0.2) is 4.98 Å². The van der Waals surface area contributed by atoms with Crippen LogP contribution in [0.25, 0.3) is 17.0 Å². The van der Waals surface area contributed by atoms with Gasteiger partial charge in [-0.3, -0.25) is 4.79 Å². The third kappa shape index (κ3) is 5.28. The molecule has 1 fully saturated rings. The Balaban J connectivity index is 1.40. The number of alkyl halides is 3. The third-order valence-corrected chi connectivity index (χ3v) is 5.71. The summed E-state index contributed by atoms with van der Waals surface area (Å²) in [6.45, 7) is 4.30. The van der Waals surface area contributed by atoms with Crippen molar-refractivity contribution in [2.75, 3.05) is 23.3 Å². The van der Waals surface area contributed by atoms with Gasteiger partial charge in [-0.1, -0.05) is 19.1 Å². The zero-order chi connectivity index (χ0) is 22.7. The summed E-state index contributed by atoms with van der Waals surface area (Å²) in [6, 6.07) is 14.2. The van der Waals surface area contributed by atoms with Crippen LogP contribution in [0.4, 0.5) is 24.7 Å². The fourth-order valence-electron chi connectivity index (χ4n) is 3.75. The third-order valence-electron chi connectivity index (χ3n) is 5.71. The Morgan fingerprint density at radius 1 is 1.06 bits per heavy atom. The van der Waals surface area contributed by atoms with Crippen molar-refractivity contribution in [1.82, 2.24) is 4.98 Å². The monoisotopic (exact) mass is 439 g/mol. The van der Waals surface area contributed by atoms with Crippen LogP contribution in [-0.4, -0.2) is 24.0 Å². The van der Waals surface area contributed by atoms with Crippen molar-refractivity contribution in [3.63, 3.8) is 0 Å². The SMILES string of the molecule is CC1CCN(c2ccc3cc(NC(=O)/C=C/c4ccc(C(F)(F)F)cc4)ccc3n2)CC1. The molecule has 0 unspecified atom stereocenters. The summed E-state index contributed by atoms with van der Waals surface area (Å²) in [6.07, 6.45) is 0.738. The first-order valence-electron chi connectivity index (χ1n) is 10.6. The summed E-state index contributed by atoms with van der Waals surface area (Å²) in [5.41, 5.74) is 1.28. The quantitative estimate of drug-likeness (QED) is 0.497. The number of pyridine rings is 1. The van der Waals surface area contributed by atoms with Gasteiger partial charge in [0.2, 0.25) is 5.91 Å². The Morgan fingerprint density at radius 2 is 1.78 bits per heavy atom. The summed E-state index contributed by atoms with van der Waals surface area (Å²) in [7, 11) is 0. The minimum atomic E-state index is -4.38. The van der Waals surface area contributed by atoms with Crippen LogP contribution in [0.15, 0.2) is 60.7 Å². The van der Waals surface area contributed by atoms with Crippen molar-refractivity contribution in [3.05, 3.63) is 71.8 Å². The molecule has 1 N–H and O–H groups in total. The molecule has 32 heavy (non-hydrogen) atoms. The van der Waals surface area contributed by atoms with Gasteiger partial charge in [-0.2, -0.15) is 13.2 Å². The van der Waals surface area contributed by atoms with Gasteiger partial charge in [0.15, 0.2) is 0 Å². The largest absolute Gasteiger partial charge is 0.416 e. The number of halogens is 3. The van der Waals surface area contributed by atoms with Gasteiger partial charge < -0.3 is 10.2 Å². The smallest absolute Gasteiger partial charge is 0.357 e. The van der Waals surface area contributed by atoms with E-state index in [1.54, 1.807) is 6.07 Å². The number of benzene rings is 2. The highest BCUT2D eigenvalue weighted by Crippen LogP contribution is 2.29. The van der Waals surface area contributed by atoms with Gasteiger partial charge in [0.05, 0.1) is 11.1 Å². The highest BCUT2D eigenvalue weighted by Gasteiger charge is 2.29. The second-order valence-electron chi connectivity index (χ2n) is 8.19. The summed E-state index contributed by atoms with van der Waals surface area (Å²) in [5.74, 6) is 1.36. The van der Waals surface area contributed by atoms with Crippen molar-refractivity contribution in [2.24, 2.45) is 5.92 Å². The predicted octanol–water partition coefficient (Wildman–Crippen LogP) is 6.14. The molecule has 3 aromatic rings. The Hall–Kier alpha value is -3.35. The molecule has 0 saturated carbocycles. The number of fused-ring (bicyclic) bond motifs is 1. The minimum Gasteiger partial charge on any atom is -0.357 e. The Kier molecular flexibility index (Phi) is 6.17. The number of carbonyl (C=O) groups is 1. The average molecular weight is 439 g/mol. The number of carbonyl (C=O) groups excluding carboxylic acids is 1. The van der Waals surface area contributed by atoms with E-state index in [4.69, 9.17) is 4.98 Å². The molecule has 0 radical (unpaired) electrons.